The van der Waals surface area contributed by atoms with Crippen LogP contribution in [0.2, 0.25) is 0 Å². The highest BCUT2D eigenvalue weighted by molar-refractivity contribution is 5.91. The van der Waals surface area contributed by atoms with Crippen molar-refractivity contribution in [1.29, 1.82) is 0 Å². The van der Waals surface area contributed by atoms with Gasteiger partial charge in [0.1, 0.15) is 5.75 Å². The molecule has 6 heteroatoms. The number of amides is 1. The highest BCUT2D eigenvalue weighted by atomic mass is 35.5. The molecule has 0 aliphatic rings. The quantitative estimate of drug-likeness (QED) is 0.608. The number of halogens is 1. The van der Waals surface area contributed by atoms with Gasteiger partial charge < -0.3 is 20.5 Å². The number of nitrogens with one attached hydrogen (secondary N) is 2. The molecule has 130 valence electrons. The van der Waals surface area contributed by atoms with Crippen LogP contribution >= 0.6 is 12.4 Å². The number of para-hydroxylation sites is 1. The number of benzene rings is 2. The number of carbonyl (C=O) groups is 1. The molecule has 2 rings (SSSR count). The molecule has 0 aliphatic heterocycles. The second kappa shape index (κ2) is 11.5. The summed E-state index contributed by atoms with van der Waals surface area (Å²) >= 11 is 0. The Labute approximate surface area is 148 Å². The third-order valence-corrected chi connectivity index (χ3v) is 3.19. The summed E-state index contributed by atoms with van der Waals surface area (Å²) < 4.78 is 5.47. The van der Waals surface area contributed by atoms with E-state index in [2.05, 4.69) is 10.6 Å². The highest BCUT2D eigenvalue weighted by Crippen LogP contribution is 2.12. The maximum Gasteiger partial charge on any atom is 0.262 e. The van der Waals surface area contributed by atoms with Crippen LogP contribution in [0, 0.1) is 0 Å². The van der Waals surface area contributed by atoms with E-state index >= 15 is 0 Å². The molecule has 24 heavy (non-hydrogen) atoms. The topological polar surface area (TPSA) is 70.6 Å². The number of hydrogen-bond donors (Lipinski definition) is 3. The van der Waals surface area contributed by atoms with Gasteiger partial charge in [0.15, 0.2) is 6.61 Å². The first-order valence-electron chi connectivity index (χ1n) is 7.66. The van der Waals surface area contributed by atoms with Gasteiger partial charge in [-0.1, -0.05) is 30.3 Å². The number of aliphatic hydroxyl groups is 1. The number of aliphatic hydroxyl groups excluding tert-OH is 1. The fraction of sp³-hybridized carbons (Fsp3) is 0.278. The van der Waals surface area contributed by atoms with Crippen LogP contribution in [0.15, 0.2) is 54.6 Å². The Hall–Kier alpha value is -2.08. The van der Waals surface area contributed by atoms with Crippen molar-refractivity contribution in [2.75, 3.05) is 25.1 Å². The average molecular weight is 351 g/mol. The molecule has 0 fully saturated rings. The molecule has 0 unspecified atom stereocenters. The maximum atomic E-state index is 11.8. The molecule has 0 atom stereocenters. The van der Waals surface area contributed by atoms with Crippen molar-refractivity contribution in [3.63, 3.8) is 0 Å². The number of ether oxygens (including phenoxy) is 1. The molecule has 3 N–H and O–H groups in total. The first kappa shape index (κ1) is 20.0. The Morgan fingerprint density at radius 1 is 1.04 bits per heavy atom. The van der Waals surface area contributed by atoms with Crippen LogP contribution in [-0.4, -0.2) is 30.8 Å². The number of carbonyl (C=O) groups excluding carboxylic acids is 1. The van der Waals surface area contributed by atoms with Gasteiger partial charge in [0, 0.05) is 18.8 Å². The zero-order chi connectivity index (χ0) is 16.3. The Morgan fingerprint density at radius 3 is 2.42 bits per heavy atom. The van der Waals surface area contributed by atoms with Crippen molar-refractivity contribution in [2.24, 2.45) is 0 Å². The lowest BCUT2D eigenvalue weighted by Gasteiger charge is -2.08. The van der Waals surface area contributed by atoms with Crippen LogP contribution in [0.3, 0.4) is 0 Å². The van der Waals surface area contributed by atoms with E-state index in [1.54, 1.807) is 0 Å². The second-order valence-electron chi connectivity index (χ2n) is 5.10. The SMILES string of the molecule is Cl.O=C(COc1ccc(CNCCCO)cc1)Nc1ccccc1. The van der Waals surface area contributed by atoms with Crippen LogP contribution in [0.5, 0.6) is 5.75 Å². The molecular weight excluding hydrogens is 328 g/mol. The van der Waals surface area contributed by atoms with Gasteiger partial charge in [-0.3, -0.25) is 4.79 Å². The summed E-state index contributed by atoms with van der Waals surface area (Å²) in [6, 6.07) is 16.9. The van der Waals surface area contributed by atoms with Crippen LogP contribution in [0.1, 0.15) is 12.0 Å². The fourth-order valence-electron chi connectivity index (χ4n) is 2.01. The number of rotatable bonds is 9. The van der Waals surface area contributed by atoms with E-state index in [0.717, 1.165) is 30.8 Å². The van der Waals surface area contributed by atoms with E-state index in [1.165, 1.54) is 0 Å². The molecule has 0 heterocycles. The minimum atomic E-state index is -0.189. The van der Waals surface area contributed by atoms with Gasteiger partial charge in [0.05, 0.1) is 0 Å². The first-order valence-corrected chi connectivity index (χ1v) is 7.66. The minimum absolute atomic E-state index is 0. The maximum absolute atomic E-state index is 11.8. The predicted molar refractivity (Wildman–Crippen MR) is 97.7 cm³/mol. The van der Waals surface area contributed by atoms with Crippen LogP contribution in [0.4, 0.5) is 5.69 Å². The fourth-order valence-corrected chi connectivity index (χ4v) is 2.01. The van der Waals surface area contributed by atoms with Crippen molar-refractivity contribution < 1.29 is 14.6 Å². The Bertz CT molecular complexity index is 591. The zero-order valence-corrected chi connectivity index (χ0v) is 14.2. The van der Waals surface area contributed by atoms with E-state index in [1.807, 2.05) is 54.6 Å². The van der Waals surface area contributed by atoms with Gasteiger partial charge in [-0.2, -0.15) is 0 Å². The molecule has 5 nitrogen and oxygen atoms in total. The molecule has 2 aromatic rings. The van der Waals surface area contributed by atoms with E-state index in [0.29, 0.717) is 5.75 Å². The molecule has 1 amide bonds. The largest absolute Gasteiger partial charge is 0.484 e. The summed E-state index contributed by atoms with van der Waals surface area (Å²) in [7, 11) is 0. The van der Waals surface area contributed by atoms with Crippen LogP contribution < -0.4 is 15.4 Å². The molecule has 0 radical (unpaired) electrons. The summed E-state index contributed by atoms with van der Waals surface area (Å²) in [5.41, 5.74) is 1.88. The highest BCUT2D eigenvalue weighted by Gasteiger charge is 2.03. The van der Waals surface area contributed by atoms with Gasteiger partial charge >= 0.3 is 0 Å². The molecule has 0 spiro atoms. The van der Waals surface area contributed by atoms with Gasteiger partial charge in [-0.05, 0) is 42.8 Å². The Morgan fingerprint density at radius 2 is 1.75 bits per heavy atom. The monoisotopic (exact) mass is 350 g/mol. The third-order valence-electron chi connectivity index (χ3n) is 3.19. The van der Waals surface area contributed by atoms with Crippen molar-refractivity contribution in [3.8, 4) is 5.75 Å². The molecule has 2 aromatic carbocycles. The van der Waals surface area contributed by atoms with E-state index in [4.69, 9.17) is 9.84 Å². The lowest BCUT2D eigenvalue weighted by molar-refractivity contribution is -0.118. The lowest BCUT2D eigenvalue weighted by Crippen LogP contribution is -2.20. The van der Waals surface area contributed by atoms with Gasteiger partial charge in [-0.15, -0.1) is 12.4 Å². The third kappa shape index (κ3) is 7.46. The number of anilines is 1. The summed E-state index contributed by atoms with van der Waals surface area (Å²) in [4.78, 5) is 11.8. The summed E-state index contributed by atoms with van der Waals surface area (Å²) in [5, 5.41) is 14.7. The van der Waals surface area contributed by atoms with Crippen LogP contribution in [-0.2, 0) is 11.3 Å². The summed E-state index contributed by atoms with van der Waals surface area (Å²) in [6.07, 6.45) is 0.748. The van der Waals surface area contributed by atoms with Crippen LogP contribution in [0.25, 0.3) is 0 Å². The van der Waals surface area contributed by atoms with E-state index in [9.17, 15) is 4.79 Å². The molecule has 0 bridgehead atoms. The van der Waals surface area contributed by atoms with Gasteiger partial charge in [0.2, 0.25) is 0 Å². The van der Waals surface area contributed by atoms with E-state index < -0.39 is 0 Å². The standard InChI is InChI=1S/C18H22N2O3.ClH/c21-12-4-11-19-13-15-7-9-17(10-8-15)23-14-18(22)20-16-5-2-1-3-6-16;/h1-3,5-10,19,21H,4,11-14H2,(H,20,22);1H. The lowest BCUT2D eigenvalue weighted by atomic mass is 10.2. The van der Waals surface area contributed by atoms with Crippen molar-refractivity contribution >= 4 is 24.0 Å². The molecule has 0 aromatic heterocycles. The second-order valence-corrected chi connectivity index (χ2v) is 5.10. The van der Waals surface area contributed by atoms with E-state index in [-0.39, 0.29) is 31.5 Å². The summed E-state index contributed by atoms with van der Waals surface area (Å²) in [5.74, 6) is 0.471. The zero-order valence-electron chi connectivity index (χ0n) is 13.4. The smallest absolute Gasteiger partial charge is 0.262 e. The van der Waals surface area contributed by atoms with Crippen molar-refractivity contribution in [3.05, 3.63) is 60.2 Å². The predicted octanol–water partition coefficient (Wildman–Crippen LogP) is 2.60. The molecule has 0 saturated heterocycles. The number of hydrogen-bond acceptors (Lipinski definition) is 4. The summed E-state index contributed by atoms with van der Waals surface area (Å²) in [6.45, 7) is 1.71. The first-order chi connectivity index (χ1) is 11.3. The van der Waals surface area contributed by atoms with Crippen molar-refractivity contribution in [2.45, 2.75) is 13.0 Å². The van der Waals surface area contributed by atoms with Gasteiger partial charge in [-0.25, -0.2) is 0 Å². The van der Waals surface area contributed by atoms with Gasteiger partial charge in [0.25, 0.3) is 5.91 Å². The average Bonchev–Trinajstić information content (AvgIpc) is 2.59. The van der Waals surface area contributed by atoms with Crippen molar-refractivity contribution in [1.82, 2.24) is 5.32 Å². The Kier molecular flexibility index (Phi) is 9.53. The Balaban J connectivity index is 0.00000288. The minimum Gasteiger partial charge on any atom is -0.484 e. The molecular formula is C18H23ClN2O3. The molecule has 0 aliphatic carbocycles. The normalized spacial score (nSPS) is 9.88. The molecule has 0 saturated carbocycles.